The molecule has 0 radical (unpaired) electrons. The molecule has 2 heterocycles. The van der Waals surface area contributed by atoms with Crippen molar-refractivity contribution in [2.24, 2.45) is 0 Å². The van der Waals surface area contributed by atoms with Crippen molar-refractivity contribution in [2.45, 2.75) is 45.1 Å². The predicted octanol–water partition coefficient (Wildman–Crippen LogP) is 3.37. The Morgan fingerprint density at radius 3 is 2.75 bits per heavy atom. The van der Waals surface area contributed by atoms with E-state index in [1.54, 1.807) is 6.07 Å². The van der Waals surface area contributed by atoms with Crippen molar-refractivity contribution in [3.8, 4) is 11.5 Å². The van der Waals surface area contributed by atoms with Crippen LogP contribution < -0.4 is 5.56 Å². The lowest BCUT2D eigenvalue weighted by Crippen LogP contribution is -2.29. The Bertz CT molecular complexity index is 723. The van der Waals surface area contributed by atoms with E-state index in [-0.39, 0.29) is 22.3 Å². The third kappa shape index (κ3) is 2.35. The zero-order valence-corrected chi connectivity index (χ0v) is 12.2. The maximum Gasteiger partial charge on any atom is 0.284 e. The quantitative estimate of drug-likeness (QED) is 0.862. The average Bonchev–Trinajstić information content (AvgIpc) is 2.86. The van der Waals surface area contributed by atoms with E-state index in [4.69, 9.17) is 16.6 Å². The Labute approximate surface area is 121 Å². The number of aromatic amines is 1. The third-order valence-corrected chi connectivity index (χ3v) is 4.10. The van der Waals surface area contributed by atoms with Crippen molar-refractivity contribution in [2.75, 3.05) is 0 Å². The summed E-state index contributed by atoms with van der Waals surface area (Å²) in [5.41, 5.74) is 1.41. The summed E-state index contributed by atoms with van der Waals surface area (Å²) in [7, 11) is 0. The van der Waals surface area contributed by atoms with Crippen LogP contribution in [0.2, 0.25) is 0 Å². The number of hydrogen-bond donors (Lipinski definition) is 1. The van der Waals surface area contributed by atoms with Gasteiger partial charge in [-0.2, -0.15) is 0 Å². The number of aryl methyl sites for hydroxylation is 1. The van der Waals surface area contributed by atoms with Crippen molar-refractivity contribution in [1.29, 1.82) is 0 Å². The van der Waals surface area contributed by atoms with Crippen molar-refractivity contribution in [3.63, 3.8) is 0 Å². The molecule has 0 spiro atoms. The standard InChI is InChI=1S/C14H17N3O2S/c1-9-7-8-11(12-15-16-14(20)19-12)13(18)17(9)10-5-3-2-4-6-10/h7-8,10H,2-6H2,1H3,(H,16,20). The van der Waals surface area contributed by atoms with Gasteiger partial charge < -0.3 is 8.98 Å². The molecule has 0 atom stereocenters. The van der Waals surface area contributed by atoms with Crippen LogP contribution in [0, 0.1) is 11.8 Å². The highest BCUT2D eigenvalue weighted by molar-refractivity contribution is 7.71. The molecule has 2 aromatic rings. The summed E-state index contributed by atoms with van der Waals surface area (Å²) >= 11 is 4.87. The minimum Gasteiger partial charge on any atom is -0.409 e. The monoisotopic (exact) mass is 291 g/mol. The van der Waals surface area contributed by atoms with Crippen LogP contribution in [-0.2, 0) is 0 Å². The first-order chi connectivity index (χ1) is 9.66. The molecule has 0 amide bonds. The van der Waals surface area contributed by atoms with Crippen LogP contribution in [0.4, 0.5) is 0 Å². The molecule has 1 fully saturated rings. The topological polar surface area (TPSA) is 63.8 Å². The number of rotatable bonds is 2. The van der Waals surface area contributed by atoms with Gasteiger partial charge in [-0.25, -0.2) is 5.10 Å². The van der Waals surface area contributed by atoms with E-state index in [1.165, 1.54) is 19.3 Å². The van der Waals surface area contributed by atoms with Gasteiger partial charge >= 0.3 is 0 Å². The molecule has 1 saturated carbocycles. The zero-order chi connectivity index (χ0) is 14.1. The van der Waals surface area contributed by atoms with Crippen LogP contribution in [0.15, 0.2) is 21.3 Å². The summed E-state index contributed by atoms with van der Waals surface area (Å²) in [6.07, 6.45) is 5.76. The van der Waals surface area contributed by atoms with Crippen LogP contribution in [-0.4, -0.2) is 14.8 Å². The number of aromatic nitrogens is 3. The molecule has 6 heteroatoms. The van der Waals surface area contributed by atoms with E-state index >= 15 is 0 Å². The largest absolute Gasteiger partial charge is 0.409 e. The Morgan fingerprint density at radius 1 is 1.35 bits per heavy atom. The van der Waals surface area contributed by atoms with Crippen LogP contribution in [0.1, 0.15) is 43.8 Å². The number of nitrogens with zero attached hydrogens (tertiary/aromatic N) is 2. The minimum atomic E-state index is -0.0397. The van der Waals surface area contributed by atoms with Gasteiger partial charge in [-0.15, -0.1) is 5.10 Å². The summed E-state index contributed by atoms with van der Waals surface area (Å²) in [4.78, 5) is 12.9. The fourth-order valence-electron chi connectivity index (χ4n) is 2.95. The number of H-pyrrole nitrogens is 1. The van der Waals surface area contributed by atoms with Crippen LogP contribution >= 0.6 is 12.2 Å². The molecule has 0 aromatic carbocycles. The van der Waals surface area contributed by atoms with Gasteiger partial charge in [-0.05, 0) is 44.1 Å². The fraction of sp³-hybridized carbons (Fsp3) is 0.500. The maximum absolute atomic E-state index is 12.7. The Hall–Kier alpha value is -1.69. The van der Waals surface area contributed by atoms with E-state index in [9.17, 15) is 4.79 Å². The first kappa shape index (κ1) is 13.3. The van der Waals surface area contributed by atoms with Crippen molar-refractivity contribution >= 4 is 12.2 Å². The van der Waals surface area contributed by atoms with E-state index in [2.05, 4.69) is 10.2 Å². The van der Waals surface area contributed by atoms with Gasteiger partial charge in [0, 0.05) is 11.7 Å². The van der Waals surface area contributed by atoms with Crippen LogP contribution in [0.25, 0.3) is 11.5 Å². The molecule has 1 N–H and O–H groups in total. The molecule has 0 unspecified atom stereocenters. The smallest absolute Gasteiger partial charge is 0.284 e. The molecule has 3 rings (SSSR count). The summed E-state index contributed by atoms with van der Waals surface area (Å²) in [5, 5.41) is 6.51. The molecule has 2 aromatic heterocycles. The van der Waals surface area contributed by atoms with Gasteiger partial charge in [0.1, 0.15) is 5.56 Å². The Balaban J connectivity index is 2.10. The molecular formula is C14H17N3O2S. The molecule has 5 nitrogen and oxygen atoms in total. The van der Waals surface area contributed by atoms with Crippen LogP contribution in [0.5, 0.6) is 0 Å². The summed E-state index contributed by atoms with van der Waals surface area (Å²) < 4.78 is 7.16. The highest BCUT2D eigenvalue weighted by Crippen LogP contribution is 2.28. The molecule has 1 aliphatic rings. The van der Waals surface area contributed by atoms with E-state index in [0.29, 0.717) is 5.56 Å². The highest BCUT2D eigenvalue weighted by atomic mass is 32.1. The van der Waals surface area contributed by atoms with E-state index in [0.717, 1.165) is 18.5 Å². The maximum atomic E-state index is 12.7. The number of nitrogens with one attached hydrogen (secondary N) is 1. The average molecular weight is 291 g/mol. The first-order valence-corrected chi connectivity index (χ1v) is 7.35. The normalized spacial score (nSPS) is 16.4. The molecule has 0 aliphatic heterocycles. The lowest BCUT2D eigenvalue weighted by atomic mass is 9.94. The van der Waals surface area contributed by atoms with Gasteiger partial charge in [0.15, 0.2) is 0 Å². The van der Waals surface area contributed by atoms with Gasteiger partial charge in [0.25, 0.3) is 16.3 Å². The first-order valence-electron chi connectivity index (χ1n) is 6.95. The second-order valence-corrected chi connectivity index (χ2v) is 5.64. The van der Waals surface area contributed by atoms with Crippen LogP contribution in [0.3, 0.4) is 0 Å². The Morgan fingerprint density at radius 2 is 2.10 bits per heavy atom. The van der Waals surface area contributed by atoms with Gasteiger partial charge in [-0.1, -0.05) is 19.3 Å². The Kier molecular flexibility index (Phi) is 3.56. The fourth-order valence-corrected chi connectivity index (χ4v) is 3.07. The lowest BCUT2D eigenvalue weighted by molar-refractivity contribution is 0.341. The van der Waals surface area contributed by atoms with Crippen molar-refractivity contribution < 1.29 is 4.42 Å². The summed E-state index contributed by atoms with van der Waals surface area (Å²) in [6.45, 7) is 1.97. The minimum absolute atomic E-state index is 0.0397. The van der Waals surface area contributed by atoms with Crippen molar-refractivity contribution in [1.82, 2.24) is 14.8 Å². The zero-order valence-electron chi connectivity index (χ0n) is 11.4. The van der Waals surface area contributed by atoms with Gasteiger partial charge in [-0.3, -0.25) is 4.79 Å². The molecule has 1 aliphatic carbocycles. The van der Waals surface area contributed by atoms with E-state index in [1.807, 2.05) is 17.6 Å². The molecule has 0 bridgehead atoms. The number of hydrogen-bond acceptors (Lipinski definition) is 4. The van der Waals surface area contributed by atoms with Gasteiger partial charge in [0.05, 0.1) is 0 Å². The summed E-state index contributed by atoms with van der Waals surface area (Å²) in [5.74, 6) is 0.268. The molecule has 20 heavy (non-hydrogen) atoms. The SMILES string of the molecule is Cc1ccc(-c2n[nH]c(=S)o2)c(=O)n1C1CCCCC1. The lowest BCUT2D eigenvalue weighted by Gasteiger charge is -2.26. The second kappa shape index (κ2) is 5.36. The van der Waals surface area contributed by atoms with Gasteiger partial charge in [0.2, 0.25) is 0 Å². The number of pyridine rings is 1. The molecular weight excluding hydrogens is 274 g/mol. The van der Waals surface area contributed by atoms with E-state index < -0.39 is 0 Å². The second-order valence-electron chi connectivity index (χ2n) is 5.27. The van der Waals surface area contributed by atoms with Crippen molar-refractivity contribution in [3.05, 3.63) is 33.0 Å². The summed E-state index contributed by atoms with van der Waals surface area (Å²) in [6, 6.07) is 3.99. The third-order valence-electron chi connectivity index (χ3n) is 3.93. The molecule has 0 saturated heterocycles. The highest BCUT2D eigenvalue weighted by Gasteiger charge is 2.20. The molecule has 106 valence electrons. The predicted molar refractivity (Wildman–Crippen MR) is 78.2 cm³/mol.